The Hall–Kier alpha value is -13.6. The largest absolute Gasteiger partial charge is 2.00 e. The number of rotatable bonds is 17. The fraction of sp³-hybridized carbons (Fsp3) is 0.0189. The topological polar surface area (TPSA) is 66.8 Å². The van der Waals surface area contributed by atoms with Crippen LogP contribution >= 0.6 is 15.9 Å². The summed E-state index contributed by atoms with van der Waals surface area (Å²) in [7, 11) is 0. The number of aryl methyl sites for hydroxylation is 2. The van der Waals surface area contributed by atoms with Crippen molar-refractivity contribution in [2.24, 2.45) is 0 Å². The zero-order valence-electron chi connectivity index (χ0n) is 62.8. The summed E-state index contributed by atoms with van der Waals surface area (Å²) in [5, 5.41) is 3.66. The van der Waals surface area contributed by atoms with Crippen molar-refractivity contribution in [3.8, 4) is 134 Å². The molecule has 548 valence electrons. The number of halogens is 1. The van der Waals surface area contributed by atoms with Crippen LogP contribution in [0.15, 0.2) is 430 Å². The molecule has 0 radical (unpaired) electrons. The van der Waals surface area contributed by atoms with Crippen LogP contribution in [0.5, 0.6) is 0 Å². The summed E-state index contributed by atoms with van der Waals surface area (Å²) >= 11 is 3.54. The van der Waals surface area contributed by atoms with E-state index in [1.54, 1.807) is 0 Å². The Balaban J connectivity index is 0.000000148. The molecule has 18 rings (SSSR count). The first-order valence-electron chi connectivity index (χ1n) is 37.8. The van der Waals surface area contributed by atoms with E-state index in [4.69, 9.17) is 9.97 Å². The van der Waals surface area contributed by atoms with Gasteiger partial charge in [-0.3, -0.25) is 9.97 Å². The molecule has 6 nitrogen and oxygen atoms in total. The second kappa shape index (κ2) is 36.5. The molecule has 0 unspecified atom stereocenters. The normalized spacial score (nSPS) is 10.7. The number of hydrogen-bond donors (Lipinski definition) is 1. The molecule has 0 saturated carbocycles. The van der Waals surface area contributed by atoms with Crippen molar-refractivity contribution < 1.29 is 21.1 Å². The average molecular weight is 1710 g/mol. The van der Waals surface area contributed by atoms with E-state index in [1.165, 1.54) is 55.6 Å². The summed E-state index contributed by atoms with van der Waals surface area (Å²) < 4.78 is 1.06. The van der Waals surface area contributed by atoms with Gasteiger partial charge in [0.2, 0.25) is 0 Å². The molecule has 0 aliphatic carbocycles. The van der Waals surface area contributed by atoms with Gasteiger partial charge in [-0.2, -0.15) is 0 Å². The molecule has 0 amide bonds. The molecule has 1 N–H and O–H groups in total. The number of aromatic nitrogens is 4. The van der Waals surface area contributed by atoms with Gasteiger partial charge in [0.25, 0.3) is 0 Å². The number of para-hydroxylation sites is 2. The summed E-state index contributed by atoms with van der Waals surface area (Å²) in [6.45, 7) is 4.23. The summed E-state index contributed by atoms with van der Waals surface area (Å²) in [6, 6.07) is 147. The second-order valence-corrected chi connectivity index (χ2v) is 28.4. The Bertz CT molecular complexity index is 6090. The first kappa shape index (κ1) is 75.8. The molecule has 0 atom stereocenters. The Morgan fingerprint density at radius 3 is 1.23 bits per heavy atom. The number of pyridine rings is 4. The fourth-order valence-electron chi connectivity index (χ4n) is 14.2. The van der Waals surface area contributed by atoms with Gasteiger partial charge < -0.3 is 20.2 Å². The van der Waals surface area contributed by atoms with Gasteiger partial charge >= 0.3 is 21.1 Å². The molecule has 0 aliphatic rings. The van der Waals surface area contributed by atoms with Crippen LogP contribution in [0.2, 0.25) is 0 Å². The summed E-state index contributed by atoms with van der Waals surface area (Å²) in [6.07, 6.45) is 7.59. The van der Waals surface area contributed by atoms with Gasteiger partial charge in [-0.1, -0.05) is 325 Å². The minimum absolute atomic E-state index is 0. The van der Waals surface area contributed by atoms with Crippen LogP contribution in [0.4, 0.5) is 28.4 Å². The van der Waals surface area contributed by atoms with Gasteiger partial charge in [0, 0.05) is 62.9 Å². The van der Waals surface area contributed by atoms with Crippen molar-refractivity contribution in [1.29, 1.82) is 0 Å². The Morgan fingerprint density at radius 1 is 0.263 bits per heavy atom. The molecule has 0 fully saturated rings. The van der Waals surface area contributed by atoms with Gasteiger partial charge in [0.05, 0.1) is 17.1 Å². The van der Waals surface area contributed by atoms with Crippen LogP contribution in [0.1, 0.15) is 11.1 Å². The molecule has 14 aromatic carbocycles. The molecule has 0 saturated heterocycles. The standard InChI is InChI=1S/C53H37N3.C29H22N2.C24H18BrN.Pt/c1-38-37-55-52(36-50(38)43-29-27-41(28-30-43)39-16-5-2-6-17-39)44-22-15-23-47(33-44)56(53-26-12-11-24-49(53)42-20-9-4-10-21-42)48-34-45(40-18-7-3-8-19-40)32-46(35-48)51-25-13-14-31-54-51;1-3-11-22(12-4-1)24-19-25(28-16-9-10-18-30-28)21-26(20-24)31-29-17-8-7-15-27(29)23-13-5-2-6-14-23;1-17-16-26-24(21-8-5-9-22(25)14-21)15-23(17)20-12-10-19(11-13-20)18-6-3-2-4-7-18;/h2-32,34,36-37H,1H3;1-21,31H;2-16H,1H3;/q-2;;;+2. The van der Waals surface area contributed by atoms with Gasteiger partial charge in [-0.25, -0.2) is 0 Å². The molecule has 8 heteroatoms. The van der Waals surface area contributed by atoms with Crippen molar-refractivity contribution in [2.45, 2.75) is 13.8 Å². The Labute approximate surface area is 691 Å². The fourth-order valence-corrected chi connectivity index (χ4v) is 14.6. The first-order chi connectivity index (χ1) is 55.7. The molecular weight excluding hydrogens is 1630 g/mol. The number of nitrogens with one attached hydrogen (secondary N) is 1. The molecule has 4 heterocycles. The third kappa shape index (κ3) is 18.2. The van der Waals surface area contributed by atoms with Crippen LogP contribution in [-0.4, -0.2) is 19.9 Å². The van der Waals surface area contributed by atoms with Crippen LogP contribution in [0, 0.1) is 26.0 Å². The Morgan fingerprint density at radius 2 is 0.675 bits per heavy atom. The smallest absolute Gasteiger partial charge is 0.355 e. The quantitative estimate of drug-likeness (QED) is 0.0917. The molecule has 0 bridgehead atoms. The SMILES string of the molecule is Cc1cnc(-c2[c-]c(N(c3[c-]c(-c4ccccn4)cc(-c4ccccc4)c3)c3ccccc3-c3ccccc3)ccc2)cc1-c1ccc(-c2ccccc2)cc1.Cc1cnc(-c2cccc(Br)c2)cc1-c1ccc(-c2ccccc2)cc1.[Pt+2].c1ccc(-c2cc(Nc3ccccc3-c3ccccc3)cc(-c3ccccn3)c2)cc1. The van der Waals surface area contributed by atoms with E-state index in [-0.39, 0.29) is 21.1 Å². The molecule has 18 aromatic rings. The van der Waals surface area contributed by atoms with Gasteiger partial charge in [0.15, 0.2) is 0 Å². The third-order valence-electron chi connectivity index (χ3n) is 19.9. The van der Waals surface area contributed by atoms with E-state index >= 15 is 0 Å². The van der Waals surface area contributed by atoms with E-state index in [1.807, 2.05) is 104 Å². The van der Waals surface area contributed by atoms with Crippen LogP contribution < -0.4 is 10.2 Å². The average Bonchev–Trinajstić information content (AvgIpc) is 0.768. The first-order valence-corrected chi connectivity index (χ1v) is 38.6. The summed E-state index contributed by atoms with van der Waals surface area (Å²) in [5.74, 6) is 0. The number of anilines is 5. The maximum absolute atomic E-state index is 4.95. The van der Waals surface area contributed by atoms with Crippen molar-refractivity contribution in [3.05, 3.63) is 453 Å². The zero-order valence-corrected chi connectivity index (χ0v) is 66.7. The summed E-state index contributed by atoms with van der Waals surface area (Å²) in [5.41, 5.74) is 33.5. The minimum atomic E-state index is 0. The Kier molecular flexibility index (Phi) is 24.3. The molecule has 114 heavy (non-hydrogen) atoms. The van der Waals surface area contributed by atoms with Gasteiger partial charge in [-0.05, 0) is 187 Å². The van der Waals surface area contributed by atoms with Crippen molar-refractivity contribution >= 4 is 44.4 Å². The molecule has 4 aromatic heterocycles. The van der Waals surface area contributed by atoms with Crippen molar-refractivity contribution in [1.82, 2.24) is 19.9 Å². The van der Waals surface area contributed by atoms with Crippen molar-refractivity contribution in [3.63, 3.8) is 0 Å². The minimum Gasteiger partial charge on any atom is -0.355 e. The third-order valence-corrected chi connectivity index (χ3v) is 20.4. The maximum atomic E-state index is 4.95. The predicted octanol–water partition coefficient (Wildman–Crippen LogP) is 28.8. The van der Waals surface area contributed by atoms with Gasteiger partial charge in [-0.15, -0.1) is 53.6 Å². The van der Waals surface area contributed by atoms with Crippen LogP contribution in [0.3, 0.4) is 0 Å². The monoisotopic (exact) mass is 1710 g/mol. The molecule has 0 spiro atoms. The van der Waals surface area contributed by atoms with E-state index in [0.717, 1.165) is 122 Å². The van der Waals surface area contributed by atoms with E-state index < -0.39 is 0 Å². The summed E-state index contributed by atoms with van der Waals surface area (Å²) in [4.78, 5) is 21.2. The predicted molar refractivity (Wildman–Crippen MR) is 475 cm³/mol. The van der Waals surface area contributed by atoms with E-state index in [0.29, 0.717) is 0 Å². The van der Waals surface area contributed by atoms with E-state index in [2.05, 4.69) is 384 Å². The van der Waals surface area contributed by atoms with Crippen LogP contribution in [0.25, 0.3) is 134 Å². The molecular formula is C106H77BrN6Pt. The zero-order chi connectivity index (χ0) is 76.5. The maximum Gasteiger partial charge on any atom is 2.00 e. The second-order valence-electron chi connectivity index (χ2n) is 27.5. The van der Waals surface area contributed by atoms with Crippen molar-refractivity contribution in [2.75, 3.05) is 10.2 Å². The molecule has 0 aliphatic heterocycles. The number of nitrogens with zero attached hydrogens (tertiary/aromatic N) is 5. The van der Waals surface area contributed by atoms with Crippen LogP contribution in [-0.2, 0) is 21.1 Å². The number of benzene rings is 14. The number of hydrogen-bond acceptors (Lipinski definition) is 6. The van der Waals surface area contributed by atoms with E-state index in [9.17, 15) is 0 Å². The van der Waals surface area contributed by atoms with Gasteiger partial charge in [0.1, 0.15) is 0 Å².